The van der Waals surface area contributed by atoms with E-state index in [2.05, 4.69) is 27.5 Å². The summed E-state index contributed by atoms with van der Waals surface area (Å²) in [5, 5.41) is 7.60. The Kier molecular flexibility index (Phi) is 9.34. The monoisotopic (exact) mass is 638 g/mol. The van der Waals surface area contributed by atoms with Crippen molar-refractivity contribution in [3.63, 3.8) is 0 Å². The number of rotatable bonds is 9. The third kappa shape index (κ3) is 7.07. The fraction of sp³-hybridized carbons (Fsp3) is 0.257. The van der Waals surface area contributed by atoms with Crippen LogP contribution in [0.5, 0.6) is 0 Å². The lowest BCUT2D eigenvalue weighted by Gasteiger charge is -2.32. The number of nitrogens with zero attached hydrogens (tertiary/aromatic N) is 4. The summed E-state index contributed by atoms with van der Waals surface area (Å²) in [6.45, 7) is 4.25. The molecule has 6 rings (SSSR count). The van der Waals surface area contributed by atoms with E-state index in [9.17, 15) is 18.8 Å². The Morgan fingerprint density at radius 1 is 1.02 bits per heavy atom. The van der Waals surface area contributed by atoms with Gasteiger partial charge in [0, 0.05) is 51.1 Å². The van der Waals surface area contributed by atoms with E-state index in [1.54, 1.807) is 24.1 Å². The maximum absolute atomic E-state index is 14.1. The molecule has 0 bridgehead atoms. The number of fused-ring (bicyclic) bond motifs is 1. The van der Waals surface area contributed by atoms with Crippen LogP contribution >= 0.6 is 11.3 Å². The molecule has 0 saturated carbocycles. The molecule has 1 fully saturated rings. The number of hydrogen-bond donors (Lipinski definition) is 2. The zero-order valence-corrected chi connectivity index (χ0v) is 26.5. The smallest absolute Gasteiger partial charge is 0.261 e. The van der Waals surface area contributed by atoms with Crippen LogP contribution < -0.4 is 15.5 Å². The van der Waals surface area contributed by atoms with E-state index in [-0.39, 0.29) is 17.7 Å². The van der Waals surface area contributed by atoms with E-state index < -0.39 is 11.7 Å². The Labute approximate surface area is 271 Å². The van der Waals surface area contributed by atoms with Crippen LogP contribution in [0.4, 0.5) is 21.5 Å². The Morgan fingerprint density at radius 2 is 1.80 bits per heavy atom. The standard InChI is InChI=1S/C35H35FN6O3S/c1-40-14-16-42(17-15-40)22-31(43)41(2)27-11-9-26(10-12-27)38-33(32-28-13-8-25(36)20-29(28)39-35(32)45)24-6-3-5-23(19-24)21-37-34(44)30-7-4-18-46-30/h3-13,18-20,32H,14-17,21-22H2,1-2H3,(H,37,44)(H,39,45). The van der Waals surface area contributed by atoms with Crippen molar-refractivity contribution >= 4 is 51.8 Å². The van der Waals surface area contributed by atoms with Crippen LogP contribution in [0.15, 0.2) is 89.2 Å². The molecule has 0 radical (unpaired) electrons. The van der Waals surface area contributed by atoms with Gasteiger partial charge in [0.15, 0.2) is 0 Å². The first kappa shape index (κ1) is 31.3. The predicted molar refractivity (Wildman–Crippen MR) is 180 cm³/mol. The van der Waals surface area contributed by atoms with Gasteiger partial charge in [-0.1, -0.05) is 30.3 Å². The number of aliphatic imine (C=N–C) groups is 1. The Hall–Kier alpha value is -4.71. The van der Waals surface area contributed by atoms with Gasteiger partial charge in [-0.25, -0.2) is 4.39 Å². The molecule has 2 N–H and O–H groups in total. The van der Waals surface area contributed by atoms with Crippen LogP contribution in [0.3, 0.4) is 0 Å². The number of nitrogens with one attached hydrogen (secondary N) is 2. The Balaban J connectivity index is 1.27. The first-order chi connectivity index (χ1) is 22.2. The highest BCUT2D eigenvalue weighted by molar-refractivity contribution is 7.12. The van der Waals surface area contributed by atoms with Crippen LogP contribution in [0.2, 0.25) is 0 Å². The van der Waals surface area contributed by atoms with Crippen LogP contribution in [0.25, 0.3) is 0 Å². The number of benzene rings is 3. The average Bonchev–Trinajstić information content (AvgIpc) is 3.71. The second kappa shape index (κ2) is 13.7. The molecule has 3 amide bonds. The fourth-order valence-corrected chi connectivity index (χ4v) is 6.30. The molecular weight excluding hydrogens is 603 g/mol. The summed E-state index contributed by atoms with van der Waals surface area (Å²) < 4.78 is 14.1. The maximum Gasteiger partial charge on any atom is 0.261 e. The summed E-state index contributed by atoms with van der Waals surface area (Å²) in [6, 6.07) is 22.7. The maximum atomic E-state index is 14.1. The minimum absolute atomic E-state index is 0.0101. The average molecular weight is 639 g/mol. The van der Waals surface area contributed by atoms with Gasteiger partial charge in [0.05, 0.1) is 22.8 Å². The van der Waals surface area contributed by atoms with E-state index >= 15 is 0 Å². The lowest BCUT2D eigenvalue weighted by atomic mass is 9.90. The van der Waals surface area contributed by atoms with Crippen molar-refractivity contribution in [3.8, 4) is 0 Å². The van der Waals surface area contributed by atoms with Gasteiger partial charge in [-0.05, 0) is 77.6 Å². The van der Waals surface area contributed by atoms with Gasteiger partial charge in [0.25, 0.3) is 5.91 Å². The highest BCUT2D eigenvalue weighted by atomic mass is 32.1. The molecule has 2 aliphatic rings. The number of halogens is 1. The third-order valence-corrected chi connectivity index (χ3v) is 9.22. The Bertz CT molecular complexity index is 1770. The number of hydrogen-bond acceptors (Lipinski definition) is 7. The van der Waals surface area contributed by atoms with E-state index in [0.29, 0.717) is 46.2 Å². The number of piperazine rings is 1. The minimum atomic E-state index is -0.779. The van der Waals surface area contributed by atoms with Gasteiger partial charge in [0.2, 0.25) is 11.8 Å². The van der Waals surface area contributed by atoms with E-state index in [1.165, 1.54) is 23.5 Å². The van der Waals surface area contributed by atoms with Gasteiger partial charge in [0.1, 0.15) is 11.7 Å². The summed E-state index contributed by atoms with van der Waals surface area (Å²) >= 11 is 1.37. The summed E-state index contributed by atoms with van der Waals surface area (Å²) in [7, 11) is 3.85. The number of amides is 3. The molecule has 3 heterocycles. The number of likely N-dealkylation sites (N-methyl/N-ethyl adjacent to an activating group) is 2. The molecule has 0 spiro atoms. The molecule has 46 heavy (non-hydrogen) atoms. The lowest BCUT2D eigenvalue weighted by molar-refractivity contribution is -0.120. The molecule has 1 atom stereocenters. The van der Waals surface area contributed by atoms with Crippen molar-refractivity contribution in [3.05, 3.63) is 112 Å². The molecule has 1 aromatic heterocycles. The first-order valence-electron chi connectivity index (χ1n) is 15.1. The minimum Gasteiger partial charge on any atom is -0.347 e. The van der Waals surface area contributed by atoms with Gasteiger partial charge < -0.3 is 20.4 Å². The highest BCUT2D eigenvalue weighted by Gasteiger charge is 2.36. The largest absolute Gasteiger partial charge is 0.347 e. The third-order valence-electron chi connectivity index (χ3n) is 8.36. The van der Waals surface area contributed by atoms with Crippen molar-refractivity contribution in [2.24, 2.45) is 4.99 Å². The van der Waals surface area contributed by atoms with E-state index in [1.807, 2.05) is 60.0 Å². The number of thiophene rings is 1. The normalized spacial score (nSPS) is 17.0. The molecule has 9 nitrogen and oxygen atoms in total. The second-order valence-corrected chi connectivity index (χ2v) is 12.5. The molecule has 11 heteroatoms. The second-order valence-electron chi connectivity index (χ2n) is 11.6. The van der Waals surface area contributed by atoms with Crippen LogP contribution in [-0.2, 0) is 16.1 Å². The van der Waals surface area contributed by atoms with Crippen LogP contribution in [0, 0.1) is 5.82 Å². The fourth-order valence-electron chi connectivity index (χ4n) is 5.66. The van der Waals surface area contributed by atoms with Crippen molar-refractivity contribution in [1.29, 1.82) is 0 Å². The van der Waals surface area contributed by atoms with Crippen LogP contribution in [0.1, 0.15) is 32.3 Å². The molecule has 4 aromatic rings. The van der Waals surface area contributed by atoms with Crippen molar-refractivity contribution < 1.29 is 18.8 Å². The molecule has 2 aliphatic heterocycles. The zero-order valence-electron chi connectivity index (χ0n) is 25.7. The van der Waals surface area contributed by atoms with Crippen LogP contribution in [-0.4, -0.2) is 80.1 Å². The predicted octanol–water partition coefficient (Wildman–Crippen LogP) is 4.88. The molecule has 1 saturated heterocycles. The number of carbonyl (C=O) groups is 3. The molecule has 0 aliphatic carbocycles. The summed E-state index contributed by atoms with van der Waals surface area (Å²) in [5.74, 6) is -1.67. The number of anilines is 2. The lowest BCUT2D eigenvalue weighted by Crippen LogP contribution is -2.48. The summed E-state index contributed by atoms with van der Waals surface area (Å²) in [6.07, 6.45) is 0. The van der Waals surface area contributed by atoms with Gasteiger partial charge >= 0.3 is 0 Å². The molecule has 3 aromatic carbocycles. The molecular formula is C35H35FN6O3S. The molecule has 1 unspecified atom stereocenters. The van der Waals surface area contributed by atoms with E-state index in [4.69, 9.17) is 4.99 Å². The van der Waals surface area contributed by atoms with Crippen molar-refractivity contribution in [2.75, 3.05) is 57.0 Å². The summed E-state index contributed by atoms with van der Waals surface area (Å²) in [5.41, 5.74) is 4.40. The van der Waals surface area contributed by atoms with Gasteiger partial charge in [-0.2, -0.15) is 0 Å². The molecule has 236 valence electrons. The SMILES string of the molecule is CN1CCN(CC(=O)N(C)c2ccc(N=C(c3cccc(CNC(=O)c4cccs4)c3)C3C(=O)Nc4cc(F)ccc43)cc2)CC1. The topological polar surface area (TPSA) is 97.3 Å². The quantitative estimate of drug-likeness (QED) is 0.255. The summed E-state index contributed by atoms with van der Waals surface area (Å²) in [4.78, 5) is 50.6. The Morgan fingerprint density at radius 3 is 2.54 bits per heavy atom. The van der Waals surface area contributed by atoms with Gasteiger partial charge in [-0.3, -0.25) is 24.3 Å². The number of carbonyl (C=O) groups excluding carboxylic acids is 3. The zero-order chi connectivity index (χ0) is 32.2. The van der Waals surface area contributed by atoms with Crippen molar-refractivity contribution in [1.82, 2.24) is 15.1 Å². The van der Waals surface area contributed by atoms with Crippen molar-refractivity contribution in [2.45, 2.75) is 12.5 Å². The highest BCUT2D eigenvalue weighted by Crippen LogP contribution is 2.37. The van der Waals surface area contributed by atoms with E-state index in [0.717, 1.165) is 37.4 Å². The first-order valence-corrected chi connectivity index (χ1v) is 16.0. The van der Waals surface area contributed by atoms with Gasteiger partial charge in [-0.15, -0.1) is 11.3 Å².